The molecule has 0 aliphatic carbocycles. The summed E-state index contributed by atoms with van der Waals surface area (Å²) in [4.78, 5) is 9.78. The van der Waals surface area contributed by atoms with Crippen molar-refractivity contribution in [3.63, 3.8) is 0 Å². The maximum absolute atomic E-state index is 12.3. The molecule has 1 N–H and O–H groups in total. The first-order valence-electron chi connectivity index (χ1n) is 5.83. The zero-order valence-electron chi connectivity index (χ0n) is 10.9. The van der Waals surface area contributed by atoms with Crippen molar-refractivity contribution in [3.05, 3.63) is 63.2 Å². The number of hydrogen-bond acceptors (Lipinski definition) is 4. The highest BCUT2D eigenvalue weighted by atomic mass is 35.5. The molecule has 0 unspecified atom stereocenters. The van der Waals surface area contributed by atoms with Gasteiger partial charge >= 0.3 is 0 Å². The third-order valence-electron chi connectivity index (χ3n) is 2.78. The van der Waals surface area contributed by atoms with Crippen LogP contribution in [0, 0.1) is 17.0 Å². The zero-order valence-corrected chi connectivity index (χ0v) is 12.5. The molecule has 0 saturated carbocycles. The van der Waals surface area contributed by atoms with Crippen LogP contribution in [0.25, 0.3) is 0 Å². The maximum atomic E-state index is 12.3. The van der Waals surface area contributed by atoms with Gasteiger partial charge in [-0.25, -0.2) is 8.42 Å². The second kappa shape index (κ2) is 5.71. The molecule has 0 spiro atoms. The molecule has 21 heavy (non-hydrogen) atoms. The van der Waals surface area contributed by atoms with Gasteiger partial charge in [-0.1, -0.05) is 29.8 Å². The number of hydrogen-bond donors (Lipinski definition) is 1. The van der Waals surface area contributed by atoms with Gasteiger partial charge in [0.15, 0.2) is 4.90 Å². The van der Waals surface area contributed by atoms with Crippen LogP contribution in [-0.2, 0) is 10.0 Å². The average Bonchev–Trinajstić information content (AvgIpc) is 2.42. The largest absolute Gasteiger partial charge is 0.289 e. The van der Waals surface area contributed by atoms with Gasteiger partial charge in [0.25, 0.3) is 15.7 Å². The van der Waals surface area contributed by atoms with Crippen molar-refractivity contribution in [2.45, 2.75) is 11.8 Å². The lowest BCUT2D eigenvalue weighted by atomic mass is 10.2. The van der Waals surface area contributed by atoms with Crippen molar-refractivity contribution >= 4 is 33.0 Å². The van der Waals surface area contributed by atoms with Gasteiger partial charge in [-0.15, -0.1) is 0 Å². The number of halogens is 1. The minimum atomic E-state index is -4.07. The smallest absolute Gasteiger partial charge is 0.279 e. The summed E-state index contributed by atoms with van der Waals surface area (Å²) in [6, 6.07) is 9.77. The van der Waals surface area contributed by atoms with Crippen LogP contribution in [0.4, 0.5) is 11.4 Å². The maximum Gasteiger partial charge on any atom is 0.289 e. The lowest BCUT2D eigenvalue weighted by Crippen LogP contribution is -2.14. The number of para-hydroxylation sites is 1. The first kappa shape index (κ1) is 15.3. The standard InChI is InChI=1S/C13H11ClN2O4S/c1-9-6-7-10(8-11(9)14)15-21(19,20)13-5-3-2-4-12(13)16(17)18/h2-8,15H,1H3. The fourth-order valence-electron chi connectivity index (χ4n) is 1.70. The van der Waals surface area contributed by atoms with E-state index in [0.29, 0.717) is 5.02 Å². The van der Waals surface area contributed by atoms with Crippen LogP contribution in [0.15, 0.2) is 47.4 Å². The van der Waals surface area contributed by atoms with E-state index >= 15 is 0 Å². The van der Waals surface area contributed by atoms with Crippen molar-refractivity contribution < 1.29 is 13.3 Å². The number of nitrogens with zero attached hydrogens (tertiary/aromatic N) is 1. The Morgan fingerprint density at radius 3 is 2.48 bits per heavy atom. The molecule has 0 amide bonds. The van der Waals surface area contributed by atoms with E-state index in [1.165, 1.54) is 30.3 Å². The normalized spacial score (nSPS) is 11.1. The molecule has 0 aromatic heterocycles. The number of sulfonamides is 1. The van der Waals surface area contributed by atoms with Gasteiger partial charge in [-0.05, 0) is 30.7 Å². The molecule has 8 heteroatoms. The summed E-state index contributed by atoms with van der Waals surface area (Å²) in [5, 5.41) is 11.3. The molecule has 0 aliphatic heterocycles. The minimum absolute atomic E-state index is 0.240. The van der Waals surface area contributed by atoms with E-state index < -0.39 is 25.5 Å². The van der Waals surface area contributed by atoms with Crippen molar-refractivity contribution in [2.75, 3.05) is 4.72 Å². The van der Waals surface area contributed by atoms with Crippen LogP contribution in [0.2, 0.25) is 5.02 Å². The van der Waals surface area contributed by atoms with Crippen molar-refractivity contribution in [1.29, 1.82) is 0 Å². The monoisotopic (exact) mass is 326 g/mol. The van der Waals surface area contributed by atoms with Crippen LogP contribution in [-0.4, -0.2) is 13.3 Å². The van der Waals surface area contributed by atoms with E-state index in [0.717, 1.165) is 11.6 Å². The SMILES string of the molecule is Cc1ccc(NS(=O)(=O)c2ccccc2[N+](=O)[O-])cc1Cl. The molecule has 0 aliphatic rings. The topological polar surface area (TPSA) is 89.3 Å². The molecular formula is C13H11ClN2O4S. The predicted molar refractivity (Wildman–Crippen MR) is 80.1 cm³/mol. The van der Waals surface area contributed by atoms with E-state index in [2.05, 4.69) is 4.72 Å². The molecule has 0 saturated heterocycles. The van der Waals surface area contributed by atoms with Crippen molar-refractivity contribution in [2.24, 2.45) is 0 Å². The Balaban J connectivity index is 2.43. The Hall–Kier alpha value is -2.12. The first-order valence-corrected chi connectivity index (χ1v) is 7.70. The number of nitro groups is 1. The number of nitrogens with one attached hydrogen (secondary N) is 1. The Bertz CT molecular complexity index is 806. The fourth-order valence-corrected chi connectivity index (χ4v) is 3.11. The van der Waals surface area contributed by atoms with Crippen molar-refractivity contribution in [3.8, 4) is 0 Å². The quantitative estimate of drug-likeness (QED) is 0.689. The molecule has 0 heterocycles. The van der Waals surface area contributed by atoms with Gasteiger partial charge in [0, 0.05) is 11.1 Å². The van der Waals surface area contributed by atoms with Gasteiger partial charge < -0.3 is 0 Å². The van der Waals surface area contributed by atoms with Crippen molar-refractivity contribution in [1.82, 2.24) is 0 Å². The summed E-state index contributed by atoms with van der Waals surface area (Å²) < 4.78 is 26.8. The highest BCUT2D eigenvalue weighted by Crippen LogP contribution is 2.27. The Morgan fingerprint density at radius 2 is 1.86 bits per heavy atom. The van der Waals surface area contributed by atoms with Gasteiger partial charge in [0.1, 0.15) is 0 Å². The number of benzene rings is 2. The molecule has 2 aromatic carbocycles. The fraction of sp³-hybridized carbons (Fsp3) is 0.0769. The van der Waals surface area contributed by atoms with E-state index in [4.69, 9.17) is 11.6 Å². The molecule has 2 aromatic rings. The summed E-state index contributed by atoms with van der Waals surface area (Å²) in [6.45, 7) is 1.78. The Morgan fingerprint density at radius 1 is 1.19 bits per heavy atom. The predicted octanol–water partition coefficient (Wildman–Crippen LogP) is 3.36. The highest BCUT2D eigenvalue weighted by Gasteiger charge is 2.25. The average molecular weight is 327 g/mol. The van der Waals surface area contributed by atoms with Crippen LogP contribution in [0.1, 0.15) is 5.56 Å². The van der Waals surface area contributed by atoms with E-state index in [-0.39, 0.29) is 5.69 Å². The third kappa shape index (κ3) is 3.32. The molecule has 0 atom stereocenters. The molecule has 0 bridgehead atoms. The van der Waals surface area contributed by atoms with E-state index in [1.54, 1.807) is 13.0 Å². The summed E-state index contributed by atoms with van der Waals surface area (Å²) in [5.41, 5.74) is 0.553. The second-order valence-electron chi connectivity index (χ2n) is 4.29. The summed E-state index contributed by atoms with van der Waals surface area (Å²) >= 11 is 5.93. The first-order chi connectivity index (χ1) is 9.81. The minimum Gasteiger partial charge on any atom is -0.279 e. The number of rotatable bonds is 4. The Labute approximate surface area is 126 Å². The lowest BCUT2D eigenvalue weighted by Gasteiger charge is -2.09. The molecule has 0 fully saturated rings. The van der Waals surface area contributed by atoms with Gasteiger partial charge in [-0.3, -0.25) is 14.8 Å². The van der Waals surface area contributed by atoms with Crippen LogP contribution >= 0.6 is 11.6 Å². The Kier molecular flexibility index (Phi) is 4.15. The van der Waals surface area contributed by atoms with E-state index in [1.807, 2.05) is 0 Å². The summed E-state index contributed by atoms with van der Waals surface area (Å²) in [6.07, 6.45) is 0. The number of anilines is 1. The van der Waals surface area contributed by atoms with E-state index in [9.17, 15) is 18.5 Å². The highest BCUT2D eigenvalue weighted by molar-refractivity contribution is 7.92. The molecule has 0 radical (unpaired) electrons. The van der Waals surface area contributed by atoms with Crippen LogP contribution in [0.3, 0.4) is 0 Å². The third-order valence-corrected chi connectivity index (χ3v) is 4.61. The number of aryl methyl sites for hydroxylation is 1. The zero-order chi connectivity index (χ0) is 15.6. The number of nitro benzene ring substituents is 1. The summed E-state index contributed by atoms with van der Waals surface area (Å²) in [5.74, 6) is 0. The van der Waals surface area contributed by atoms with Gasteiger partial charge in [0.2, 0.25) is 0 Å². The molecular weight excluding hydrogens is 316 g/mol. The van der Waals surface area contributed by atoms with Gasteiger partial charge in [-0.2, -0.15) is 0 Å². The van der Waals surface area contributed by atoms with Gasteiger partial charge in [0.05, 0.1) is 10.6 Å². The second-order valence-corrected chi connectivity index (χ2v) is 6.35. The molecule has 2 rings (SSSR count). The lowest BCUT2D eigenvalue weighted by molar-refractivity contribution is -0.387. The van der Waals surface area contributed by atoms with Crippen LogP contribution in [0.5, 0.6) is 0 Å². The summed E-state index contributed by atoms with van der Waals surface area (Å²) in [7, 11) is -4.07. The van der Waals surface area contributed by atoms with Crippen LogP contribution < -0.4 is 4.72 Å². The molecule has 110 valence electrons. The molecule has 6 nitrogen and oxygen atoms in total.